The third kappa shape index (κ3) is 5.06. The van der Waals surface area contributed by atoms with Crippen molar-refractivity contribution in [3.63, 3.8) is 0 Å². The summed E-state index contributed by atoms with van der Waals surface area (Å²) in [5.41, 5.74) is 8.33. The van der Waals surface area contributed by atoms with Crippen LogP contribution < -0.4 is 15.8 Å². The lowest BCUT2D eigenvalue weighted by atomic mass is 10.3. The molecule has 0 aliphatic rings. The van der Waals surface area contributed by atoms with Crippen molar-refractivity contribution >= 4 is 28.4 Å². The average molecular weight is 445 g/mol. The quantitative estimate of drug-likeness (QED) is 0.383. The summed E-state index contributed by atoms with van der Waals surface area (Å²) in [4.78, 5) is 20.3. The first-order valence-corrected chi connectivity index (χ1v) is 10.4. The van der Waals surface area contributed by atoms with Crippen LogP contribution in [0, 0.1) is 0 Å². The molecule has 0 aliphatic heterocycles. The lowest BCUT2D eigenvalue weighted by Crippen LogP contribution is -2.05. The number of rotatable bonds is 8. The summed E-state index contributed by atoms with van der Waals surface area (Å²) in [5, 5.41) is 10.3. The molecule has 0 aliphatic carbocycles. The Bertz CT molecular complexity index is 1340. The number of carbonyl (C=O) groups is 1. The standard InChI is InChI=1S/C23H23N7O3/c1-3-4-5-6-7-11-30-19-13-20(32-17-10-8-9-16(12-17)26-15(2)31)25-14-18(19)27-23(30)21-22(24)29-33-28-21/h4-10,12-14H,3,11H2,1-2H3,(H2,24,29)(H,26,31)/b5-4-,7-6-. The number of allylic oxidation sites excluding steroid dienone is 4. The van der Waals surface area contributed by atoms with Gasteiger partial charge >= 0.3 is 0 Å². The van der Waals surface area contributed by atoms with Gasteiger partial charge in [0.1, 0.15) is 11.3 Å². The maximum absolute atomic E-state index is 11.3. The number of imidazole rings is 1. The van der Waals surface area contributed by atoms with Crippen LogP contribution in [0.4, 0.5) is 11.5 Å². The van der Waals surface area contributed by atoms with Gasteiger partial charge in [0.05, 0.1) is 11.7 Å². The van der Waals surface area contributed by atoms with Crippen molar-refractivity contribution in [1.29, 1.82) is 0 Å². The van der Waals surface area contributed by atoms with Gasteiger partial charge in [0.2, 0.25) is 11.8 Å². The number of carbonyl (C=O) groups excluding carboxylic acids is 1. The number of nitrogens with one attached hydrogen (secondary N) is 1. The van der Waals surface area contributed by atoms with Gasteiger partial charge in [-0.15, -0.1) is 0 Å². The number of hydrogen-bond donors (Lipinski definition) is 2. The summed E-state index contributed by atoms with van der Waals surface area (Å²) in [6.45, 7) is 4.03. The summed E-state index contributed by atoms with van der Waals surface area (Å²) in [7, 11) is 0. The molecule has 3 aromatic heterocycles. The molecule has 3 heterocycles. The maximum Gasteiger partial charge on any atom is 0.221 e. The van der Waals surface area contributed by atoms with Crippen LogP contribution in [0.1, 0.15) is 20.3 Å². The van der Waals surface area contributed by atoms with E-state index in [1.54, 1.807) is 36.5 Å². The van der Waals surface area contributed by atoms with Crippen LogP contribution in [-0.4, -0.2) is 30.8 Å². The van der Waals surface area contributed by atoms with Crippen LogP contribution in [0.3, 0.4) is 0 Å². The number of nitrogens with zero attached hydrogens (tertiary/aromatic N) is 5. The van der Waals surface area contributed by atoms with Crippen molar-refractivity contribution in [3.05, 3.63) is 60.8 Å². The third-order valence-corrected chi connectivity index (χ3v) is 4.62. The van der Waals surface area contributed by atoms with Gasteiger partial charge in [0, 0.05) is 31.3 Å². The van der Waals surface area contributed by atoms with Crippen molar-refractivity contribution in [2.45, 2.75) is 26.8 Å². The lowest BCUT2D eigenvalue weighted by molar-refractivity contribution is -0.114. The fraction of sp³-hybridized carbons (Fsp3) is 0.174. The van der Waals surface area contributed by atoms with Gasteiger partial charge in [0.25, 0.3) is 0 Å². The van der Waals surface area contributed by atoms with E-state index in [1.807, 2.05) is 22.8 Å². The number of aromatic nitrogens is 5. The molecule has 168 valence electrons. The van der Waals surface area contributed by atoms with Gasteiger partial charge in [-0.05, 0) is 28.9 Å². The van der Waals surface area contributed by atoms with Crippen LogP contribution in [0.2, 0.25) is 0 Å². The molecule has 4 rings (SSSR count). The zero-order chi connectivity index (χ0) is 23.2. The van der Waals surface area contributed by atoms with Crippen LogP contribution in [-0.2, 0) is 11.3 Å². The molecule has 10 heteroatoms. The van der Waals surface area contributed by atoms with E-state index in [-0.39, 0.29) is 11.7 Å². The van der Waals surface area contributed by atoms with E-state index < -0.39 is 0 Å². The fourth-order valence-corrected chi connectivity index (χ4v) is 3.20. The Balaban J connectivity index is 1.70. The second kappa shape index (κ2) is 9.77. The molecule has 1 amide bonds. The monoisotopic (exact) mass is 445 g/mol. The molecule has 0 saturated heterocycles. The van der Waals surface area contributed by atoms with E-state index in [4.69, 9.17) is 15.1 Å². The van der Waals surface area contributed by atoms with Crippen molar-refractivity contribution in [2.24, 2.45) is 0 Å². The van der Waals surface area contributed by atoms with Gasteiger partial charge < -0.3 is 20.4 Å². The fourth-order valence-electron chi connectivity index (χ4n) is 3.20. The highest BCUT2D eigenvalue weighted by Gasteiger charge is 2.19. The molecule has 3 N–H and O–H groups in total. The smallest absolute Gasteiger partial charge is 0.221 e. The second-order valence-electron chi connectivity index (χ2n) is 7.13. The molecule has 4 aromatic rings. The lowest BCUT2D eigenvalue weighted by Gasteiger charge is -2.08. The molecule has 10 nitrogen and oxygen atoms in total. The van der Waals surface area contributed by atoms with Crippen LogP contribution >= 0.6 is 0 Å². The number of fused-ring (bicyclic) bond motifs is 1. The molecule has 0 saturated carbocycles. The Kier molecular flexibility index (Phi) is 6.44. The number of pyridine rings is 1. The Labute approximate surface area is 189 Å². The molecule has 33 heavy (non-hydrogen) atoms. The topological polar surface area (TPSA) is 134 Å². The van der Waals surface area contributed by atoms with E-state index >= 15 is 0 Å². The van der Waals surface area contributed by atoms with Crippen LogP contribution in [0.5, 0.6) is 11.6 Å². The summed E-state index contributed by atoms with van der Waals surface area (Å²) in [6.07, 6.45) is 10.6. The molecule has 0 atom stereocenters. The van der Waals surface area contributed by atoms with E-state index in [1.165, 1.54) is 6.92 Å². The number of ether oxygens (including phenoxy) is 1. The van der Waals surface area contributed by atoms with Crippen molar-refractivity contribution in [2.75, 3.05) is 11.1 Å². The third-order valence-electron chi connectivity index (χ3n) is 4.62. The zero-order valence-electron chi connectivity index (χ0n) is 18.2. The van der Waals surface area contributed by atoms with E-state index in [2.05, 4.69) is 38.6 Å². The predicted molar refractivity (Wildman–Crippen MR) is 125 cm³/mol. The van der Waals surface area contributed by atoms with Crippen LogP contribution in [0.25, 0.3) is 22.6 Å². The number of nitrogen functional groups attached to an aromatic ring is 1. The molecular weight excluding hydrogens is 422 g/mol. The average Bonchev–Trinajstić information content (AvgIpc) is 3.36. The molecule has 0 unspecified atom stereocenters. The molecule has 0 spiro atoms. The molecule has 0 fully saturated rings. The van der Waals surface area contributed by atoms with Gasteiger partial charge in [-0.25, -0.2) is 14.6 Å². The highest BCUT2D eigenvalue weighted by molar-refractivity contribution is 5.88. The van der Waals surface area contributed by atoms with E-state index in [0.29, 0.717) is 40.9 Å². The van der Waals surface area contributed by atoms with Crippen molar-refractivity contribution in [1.82, 2.24) is 24.8 Å². The Morgan fingerprint density at radius 1 is 1.24 bits per heavy atom. The Morgan fingerprint density at radius 2 is 2.09 bits per heavy atom. The number of hydrogen-bond acceptors (Lipinski definition) is 8. The van der Waals surface area contributed by atoms with Gasteiger partial charge in [0.15, 0.2) is 17.3 Å². The first-order valence-electron chi connectivity index (χ1n) is 10.4. The number of nitrogens with two attached hydrogens (primary N) is 1. The van der Waals surface area contributed by atoms with Crippen molar-refractivity contribution < 1.29 is 14.2 Å². The predicted octanol–water partition coefficient (Wildman–Crippen LogP) is 4.34. The highest BCUT2D eigenvalue weighted by Crippen LogP contribution is 2.30. The molecule has 0 radical (unpaired) electrons. The number of benzene rings is 1. The summed E-state index contributed by atoms with van der Waals surface area (Å²) >= 11 is 0. The largest absolute Gasteiger partial charge is 0.439 e. The first-order chi connectivity index (χ1) is 16.0. The van der Waals surface area contributed by atoms with Crippen molar-refractivity contribution in [3.8, 4) is 23.1 Å². The highest BCUT2D eigenvalue weighted by atomic mass is 16.6. The van der Waals surface area contributed by atoms with Crippen LogP contribution in [0.15, 0.2) is 65.5 Å². The molecular formula is C23H23N7O3. The van der Waals surface area contributed by atoms with Gasteiger partial charge in [-0.1, -0.05) is 37.3 Å². The van der Waals surface area contributed by atoms with Gasteiger partial charge in [-0.3, -0.25) is 4.79 Å². The minimum absolute atomic E-state index is 0.153. The molecule has 1 aromatic carbocycles. The van der Waals surface area contributed by atoms with E-state index in [9.17, 15) is 4.79 Å². The van der Waals surface area contributed by atoms with E-state index in [0.717, 1.165) is 11.9 Å². The number of anilines is 2. The van der Waals surface area contributed by atoms with Gasteiger partial charge in [-0.2, -0.15) is 0 Å². The minimum Gasteiger partial charge on any atom is -0.439 e. The Hall–Kier alpha value is -4.47. The molecule has 0 bridgehead atoms. The minimum atomic E-state index is -0.161. The number of amides is 1. The normalized spacial score (nSPS) is 11.6. The summed E-state index contributed by atoms with van der Waals surface area (Å²) in [6, 6.07) is 8.86. The SMILES string of the molecule is CC/C=C\C=C/Cn1c(-c2nonc2N)nc2cnc(Oc3cccc(NC(C)=O)c3)cc21. The summed E-state index contributed by atoms with van der Waals surface area (Å²) < 4.78 is 12.6. The summed E-state index contributed by atoms with van der Waals surface area (Å²) in [5.74, 6) is 1.41. The second-order valence-corrected chi connectivity index (χ2v) is 7.13. The Morgan fingerprint density at radius 3 is 2.85 bits per heavy atom. The zero-order valence-corrected chi connectivity index (χ0v) is 18.2. The maximum atomic E-state index is 11.3. The first kappa shape index (κ1) is 21.8.